The third kappa shape index (κ3) is 6.72. The summed E-state index contributed by atoms with van der Waals surface area (Å²) >= 11 is 11.9. The average molecular weight is 479 g/mol. The molecule has 13 heteroatoms. The smallest absolute Gasteiger partial charge is 0.302 e. The van der Waals surface area contributed by atoms with Crippen molar-refractivity contribution in [3.8, 4) is 5.75 Å². The molecule has 0 radical (unpaired) electrons. The molecule has 32 heavy (non-hydrogen) atoms. The zero-order valence-corrected chi connectivity index (χ0v) is 18.2. The molecule has 0 aliphatic heterocycles. The van der Waals surface area contributed by atoms with Crippen molar-refractivity contribution in [2.45, 2.75) is 13.0 Å². The number of benzene rings is 1. The number of nitrogens with two attached hydrogens (primary N) is 2. The molecule has 0 saturated carbocycles. The summed E-state index contributed by atoms with van der Waals surface area (Å²) in [5.74, 6) is 0.277. The highest BCUT2D eigenvalue weighted by atomic mass is 35.5. The highest BCUT2D eigenvalue weighted by Crippen LogP contribution is 2.21. The normalized spacial score (nSPS) is 11.2. The Kier molecular flexibility index (Phi) is 8.06. The number of amides is 1. The Labute approximate surface area is 193 Å². The van der Waals surface area contributed by atoms with Crippen molar-refractivity contribution in [1.29, 1.82) is 0 Å². The molecule has 0 fully saturated rings. The Morgan fingerprint density at radius 2 is 2.00 bits per heavy atom. The number of rotatable bonds is 9. The molecular formula is C19H20Cl2N8O3. The number of anilines is 2. The van der Waals surface area contributed by atoms with E-state index in [0.29, 0.717) is 36.2 Å². The Hall–Kier alpha value is -3.57. The van der Waals surface area contributed by atoms with Gasteiger partial charge in [-0.1, -0.05) is 23.2 Å². The standard InChI is InChI=1S/C19H20Cl2N8O3/c20-11-2-4-12(5-3-11)31-8-1-6-25-19(23)29-18(30)14-16(22)28-17(15(21)27-14)26-10-13-24-7-9-32-13/h2-5,7,9H,1,6,8,10H2,(H3,22,26,28)(H3,23,25,29,30). The lowest BCUT2D eigenvalue weighted by molar-refractivity contribution is 0.0998. The zero-order valence-electron chi connectivity index (χ0n) is 16.7. The van der Waals surface area contributed by atoms with Gasteiger partial charge in [-0.2, -0.15) is 4.99 Å². The number of aromatic nitrogens is 3. The van der Waals surface area contributed by atoms with Gasteiger partial charge in [-0.3, -0.25) is 4.79 Å². The molecule has 3 aromatic rings. The first kappa shape index (κ1) is 23.1. The molecule has 1 aromatic carbocycles. The van der Waals surface area contributed by atoms with E-state index in [-0.39, 0.29) is 35.0 Å². The third-order valence-electron chi connectivity index (χ3n) is 3.90. The van der Waals surface area contributed by atoms with Gasteiger partial charge < -0.3 is 31.3 Å². The van der Waals surface area contributed by atoms with Crippen LogP contribution in [0.3, 0.4) is 0 Å². The van der Waals surface area contributed by atoms with Crippen molar-refractivity contribution < 1.29 is 13.9 Å². The van der Waals surface area contributed by atoms with Gasteiger partial charge in [0.2, 0.25) is 5.89 Å². The molecular weight excluding hydrogens is 459 g/mol. The average Bonchev–Trinajstić information content (AvgIpc) is 3.28. The monoisotopic (exact) mass is 478 g/mol. The lowest BCUT2D eigenvalue weighted by Crippen LogP contribution is -2.34. The van der Waals surface area contributed by atoms with Crippen molar-refractivity contribution in [2.75, 3.05) is 24.2 Å². The van der Waals surface area contributed by atoms with Gasteiger partial charge in [0.15, 0.2) is 28.4 Å². The fraction of sp³-hybridized carbons (Fsp3) is 0.211. The second kappa shape index (κ2) is 11.2. The van der Waals surface area contributed by atoms with E-state index < -0.39 is 5.91 Å². The number of ether oxygens (including phenoxy) is 1. The minimum absolute atomic E-state index is 0.0600. The largest absolute Gasteiger partial charge is 0.494 e. The molecule has 11 nitrogen and oxygen atoms in total. The minimum atomic E-state index is -0.779. The van der Waals surface area contributed by atoms with Crippen molar-refractivity contribution >= 4 is 46.7 Å². The van der Waals surface area contributed by atoms with Crippen LogP contribution in [0.2, 0.25) is 10.2 Å². The summed E-state index contributed by atoms with van der Waals surface area (Å²) in [6, 6.07) is 7.03. The van der Waals surface area contributed by atoms with E-state index in [2.05, 4.69) is 30.6 Å². The van der Waals surface area contributed by atoms with E-state index in [1.807, 2.05) is 0 Å². The number of carbonyl (C=O) groups excluding carboxylic acids is 1. The number of halogens is 2. The van der Waals surface area contributed by atoms with E-state index in [9.17, 15) is 4.79 Å². The molecule has 0 atom stereocenters. The molecule has 168 valence electrons. The molecule has 0 aliphatic carbocycles. The lowest BCUT2D eigenvalue weighted by atomic mass is 10.3. The highest BCUT2D eigenvalue weighted by Gasteiger charge is 2.17. The number of nitrogens with zero attached hydrogens (tertiary/aromatic N) is 4. The quantitative estimate of drug-likeness (QED) is 0.203. The van der Waals surface area contributed by atoms with Crippen LogP contribution >= 0.6 is 23.2 Å². The molecule has 2 heterocycles. The van der Waals surface area contributed by atoms with Crippen LogP contribution < -0.4 is 26.8 Å². The summed E-state index contributed by atoms with van der Waals surface area (Å²) in [5, 5.41) is 6.26. The molecule has 0 aliphatic rings. The molecule has 3 rings (SSSR count). The maximum Gasteiger partial charge on any atom is 0.302 e. The Bertz CT molecular complexity index is 1070. The number of hydrogen-bond donors (Lipinski definition) is 4. The van der Waals surface area contributed by atoms with Crippen molar-refractivity contribution in [3.05, 3.63) is 58.5 Å². The van der Waals surface area contributed by atoms with Crippen LogP contribution in [0.1, 0.15) is 22.8 Å². The Balaban J connectivity index is 1.48. The minimum Gasteiger partial charge on any atom is -0.494 e. The first-order valence-corrected chi connectivity index (χ1v) is 10.1. The molecule has 0 spiro atoms. The van der Waals surface area contributed by atoms with Gasteiger partial charge in [0, 0.05) is 11.6 Å². The fourth-order valence-corrected chi connectivity index (χ4v) is 2.73. The number of guanidine groups is 1. The van der Waals surface area contributed by atoms with E-state index in [4.69, 9.17) is 43.8 Å². The zero-order chi connectivity index (χ0) is 22.9. The van der Waals surface area contributed by atoms with Gasteiger partial charge in [-0.15, -0.1) is 0 Å². The van der Waals surface area contributed by atoms with Gasteiger partial charge in [0.25, 0.3) is 0 Å². The van der Waals surface area contributed by atoms with Crippen LogP contribution in [-0.2, 0) is 6.54 Å². The summed E-state index contributed by atoms with van der Waals surface area (Å²) in [4.78, 5) is 28.1. The third-order valence-corrected chi connectivity index (χ3v) is 4.42. The van der Waals surface area contributed by atoms with Crippen LogP contribution in [0.4, 0.5) is 11.6 Å². The summed E-state index contributed by atoms with van der Waals surface area (Å²) in [7, 11) is 0. The van der Waals surface area contributed by atoms with Gasteiger partial charge >= 0.3 is 5.91 Å². The van der Waals surface area contributed by atoms with Crippen LogP contribution in [0.25, 0.3) is 0 Å². The maximum atomic E-state index is 12.4. The van der Waals surface area contributed by atoms with Gasteiger partial charge in [0.05, 0.1) is 19.3 Å². The van der Waals surface area contributed by atoms with Crippen molar-refractivity contribution in [2.24, 2.45) is 10.7 Å². The Morgan fingerprint density at radius 3 is 2.72 bits per heavy atom. The van der Waals surface area contributed by atoms with Crippen molar-refractivity contribution in [3.63, 3.8) is 0 Å². The first-order chi connectivity index (χ1) is 15.4. The number of nitrogen functional groups attached to an aromatic ring is 1. The molecule has 0 saturated heterocycles. The van der Waals surface area contributed by atoms with Gasteiger partial charge in [-0.25, -0.2) is 15.0 Å². The summed E-state index contributed by atoms with van der Waals surface area (Å²) < 4.78 is 10.7. The predicted octanol–water partition coefficient (Wildman–Crippen LogP) is 2.48. The number of aliphatic imine (C=N–C) groups is 1. The second-order valence-corrected chi connectivity index (χ2v) is 7.06. The van der Waals surface area contributed by atoms with E-state index in [1.54, 1.807) is 24.3 Å². The number of nitrogens with one attached hydrogen (secondary N) is 2. The Morgan fingerprint density at radius 1 is 1.22 bits per heavy atom. The second-order valence-electron chi connectivity index (χ2n) is 6.26. The summed E-state index contributed by atoms with van der Waals surface area (Å²) in [5.41, 5.74) is 11.4. The van der Waals surface area contributed by atoms with E-state index >= 15 is 0 Å². The van der Waals surface area contributed by atoms with Crippen LogP contribution in [-0.4, -0.2) is 40.0 Å². The SMILES string of the molecule is N/C(=N\C(=O)c1nc(Cl)c(NCc2ncco2)nc1N)NCCCOc1ccc(Cl)cc1. The topological polar surface area (TPSA) is 167 Å². The van der Waals surface area contributed by atoms with Gasteiger partial charge in [0.1, 0.15) is 12.0 Å². The fourth-order valence-electron chi connectivity index (χ4n) is 2.41. The number of hydrogen-bond acceptors (Lipinski definition) is 8. The molecule has 1 amide bonds. The predicted molar refractivity (Wildman–Crippen MR) is 121 cm³/mol. The number of oxazole rings is 1. The van der Waals surface area contributed by atoms with Crippen LogP contribution in [0, 0.1) is 0 Å². The van der Waals surface area contributed by atoms with Crippen molar-refractivity contribution in [1.82, 2.24) is 20.3 Å². The highest BCUT2D eigenvalue weighted by molar-refractivity contribution is 6.32. The van der Waals surface area contributed by atoms with Crippen LogP contribution in [0.5, 0.6) is 5.75 Å². The summed E-state index contributed by atoms with van der Waals surface area (Å²) in [6.45, 7) is 1.08. The van der Waals surface area contributed by atoms with E-state index in [1.165, 1.54) is 12.5 Å². The lowest BCUT2D eigenvalue weighted by Gasteiger charge is -2.09. The molecule has 2 aromatic heterocycles. The van der Waals surface area contributed by atoms with Gasteiger partial charge in [-0.05, 0) is 30.7 Å². The maximum absolute atomic E-state index is 12.4. The molecule has 0 bridgehead atoms. The van der Waals surface area contributed by atoms with E-state index in [0.717, 1.165) is 0 Å². The molecule has 6 N–H and O–H groups in total. The van der Waals surface area contributed by atoms with Crippen LogP contribution in [0.15, 0.2) is 46.1 Å². The first-order valence-electron chi connectivity index (χ1n) is 9.38. The number of carbonyl (C=O) groups is 1. The molecule has 0 unspecified atom stereocenters. The summed E-state index contributed by atoms with van der Waals surface area (Å²) in [6.07, 6.45) is 3.55.